The van der Waals surface area contributed by atoms with Gasteiger partial charge in [-0.05, 0) is 42.5 Å². The van der Waals surface area contributed by atoms with Crippen molar-refractivity contribution in [2.75, 3.05) is 5.32 Å². The number of rotatable bonds is 3. The maximum absolute atomic E-state index is 12.2. The Morgan fingerprint density at radius 2 is 2.00 bits per heavy atom. The van der Waals surface area contributed by atoms with Crippen LogP contribution in [0.4, 0.5) is 5.69 Å². The fourth-order valence-electron chi connectivity index (χ4n) is 2.07. The van der Waals surface area contributed by atoms with Crippen LogP contribution in [0, 0.1) is 11.3 Å². The number of nitrogens with one attached hydrogen (secondary N) is 1. The lowest BCUT2D eigenvalue weighted by Crippen LogP contribution is -2.11. The molecule has 3 rings (SSSR count). The van der Waals surface area contributed by atoms with Gasteiger partial charge in [-0.1, -0.05) is 6.07 Å². The lowest BCUT2D eigenvalue weighted by molar-refractivity contribution is 0.102. The third-order valence-corrected chi connectivity index (χ3v) is 3.18. The Morgan fingerprint density at radius 3 is 2.68 bits per heavy atom. The van der Waals surface area contributed by atoms with Crippen LogP contribution < -0.4 is 5.32 Å². The average molecular weight is 288 g/mol. The highest BCUT2D eigenvalue weighted by molar-refractivity contribution is 6.04. The van der Waals surface area contributed by atoms with E-state index >= 15 is 0 Å². The summed E-state index contributed by atoms with van der Waals surface area (Å²) in [7, 11) is 0. The Balaban J connectivity index is 1.76. The molecular formula is C17H12N4O. The third kappa shape index (κ3) is 2.86. The second kappa shape index (κ2) is 5.94. The summed E-state index contributed by atoms with van der Waals surface area (Å²) in [5.74, 6) is -0.215. The van der Waals surface area contributed by atoms with Gasteiger partial charge in [0.25, 0.3) is 5.91 Å². The zero-order chi connectivity index (χ0) is 15.4. The first-order valence-electron chi connectivity index (χ1n) is 6.66. The van der Waals surface area contributed by atoms with Crippen molar-refractivity contribution in [3.05, 3.63) is 78.4 Å². The van der Waals surface area contributed by atoms with E-state index in [1.165, 1.54) is 0 Å². The van der Waals surface area contributed by atoms with E-state index in [-0.39, 0.29) is 5.91 Å². The van der Waals surface area contributed by atoms with Gasteiger partial charge in [0.15, 0.2) is 0 Å². The summed E-state index contributed by atoms with van der Waals surface area (Å²) >= 11 is 0. The first kappa shape index (κ1) is 13.6. The highest BCUT2D eigenvalue weighted by Crippen LogP contribution is 2.13. The van der Waals surface area contributed by atoms with Gasteiger partial charge in [-0.25, -0.2) is 4.98 Å². The normalized spacial score (nSPS) is 9.95. The molecule has 0 fully saturated rings. The number of benzene rings is 2. The quantitative estimate of drug-likeness (QED) is 0.805. The summed E-state index contributed by atoms with van der Waals surface area (Å²) in [5, 5.41) is 11.6. The molecule has 106 valence electrons. The topological polar surface area (TPSA) is 70.7 Å². The molecule has 0 bridgehead atoms. The molecule has 22 heavy (non-hydrogen) atoms. The van der Waals surface area contributed by atoms with Crippen LogP contribution >= 0.6 is 0 Å². The van der Waals surface area contributed by atoms with Crippen LogP contribution in [0.15, 0.2) is 67.3 Å². The monoisotopic (exact) mass is 288 g/mol. The van der Waals surface area contributed by atoms with Gasteiger partial charge in [0.1, 0.15) is 0 Å². The number of carbonyl (C=O) groups excluding carboxylic acids is 1. The summed E-state index contributed by atoms with van der Waals surface area (Å²) < 4.78 is 1.86. The molecule has 1 aromatic heterocycles. The number of amides is 1. The molecule has 0 atom stereocenters. The van der Waals surface area contributed by atoms with Crippen LogP contribution in [0.5, 0.6) is 0 Å². The molecule has 5 nitrogen and oxygen atoms in total. The van der Waals surface area contributed by atoms with Crippen LogP contribution in [0.3, 0.4) is 0 Å². The van der Waals surface area contributed by atoms with E-state index in [1.807, 2.05) is 29.0 Å². The molecule has 0 unspecified atom stereocenters. The Hall–Kier alpha value is -3.39. The summed E-state index contributed by atoms with van der Waals surface area (Å²) in [6, 6.07) is 16.0. The zero-order valence-electron chi connectivity index (χ0n) is 11.6. The SMILES string of the molecule is N#Cc1cccc(NC(=O)c2ccc(-n3ccnc3)cc2)c1. The van der Waals surface area contributed by atoms with Crippen molar-refractivity contribution in [1.29, 1.82) is 5.26 Å². The number of hydrogen-bond acceptors (Lipinski definition) is 3. The first-order valence-corrected chi connectivity index (χ1v) is 6.66. The molecule has 1 heterocycles. The molecule has 0 aliphatic rings. The fraction of sp³-hybridized carbons (Fsp3) is 0. The summed E-state index contributed by atoms with van der Waals surface area (Å²) in [6.07, 6.45) is 5.23. The second-order valence-corrected chi connectivity index (χ2v) is 4.66. The average Bonchev–Trinajstić information content (AvgIpc) is 3.09. The molecule has 5 heteroatoms. The number of hydrogen-bond donors (Lipinski definition) is 1. The van der Waals surface area contributed by atoms with Crippen molar-refractivity contribution in [3.63, 3.8) is 0 Å². The highest BCUT2D eigenvalue weighted by Gasteiger charge is 2.07. The summed E-state index contributed by atoms with van der Waals surface area (Å²) in [5.41, 5.74) is 2.59. The first-order chi connectivity index (χ1) is 10.8. The Labute approximate surface area is 127 Å². The molecule has 0 aliphatic carbocycles. The largest absolute Gasteiger partial charge is 0.322 e. The number of anilines is 1. The molecule has 0 aliphatic heterocycles. The van der Waals surface area contributed by atoms with Crippen LogP contribution in [0.1, 0.15) is 15.9 Å². The number of nitrogens with zero attached hydrogens (tertiary/aromatic N) is 3. The van der Waals surface area contributed by atoms with Crippen LogP contribution in [-0.2, 0) is 0 Å². The lowest BCUT2D eigenvalue weighted by Gasteiger charge is -2.07. The molecule has 3 aromatic rings. The molecule has 1 amide bonds. The number of nitriles is 1. The van der Waals surface area contributed by atoms with Crippen molar-refractivity contribution in [2.24, 2.45) is 0 Å². The van der Waals surface area contributed by atoms with E-state index in [4.69, 9.17) is 5.26 Å². The molecule has 0 radical (unpaired) electrons. The van der Waals surface area contributed by atoms with Crippen LogP contribution in [0.2, 0.25) is 0 Å². The van der Waals surface area contributed by atoms with Crippen LogP contribution in [0.25, 0.3) is 5.69 Å². The second-order valence-electron chi connectivity index (χ2n) is 4.66. The molecular weight excluding hydrogens is 276 g/mol. The summed E-state index contributed by atoms with van der Waals surface area (Å²) in [6.45, 7) is 0. The highest BCUT2D eigenvalue weighted by atomic mass is 16.1. The van der Waals surface area contributed by atoms with E-state index in [0.717, 1.165) is 5.69 Å². The van der Waals surface area contributed by atoms with Gasteiger partial charge in [-0.2, -0.15) is 5.26 Å². The standard InChI is InChI=1S/C17H12N4O/c18-11-13-2-1-3-15(10-13)20-17(22)14-4-6-16(7-5-14)21-9-8-19-12-21/h1-10,12H,(H,20,22). The Morgan fingerprint density at radius 1 is 1.18 bits per heavy atom. The minimum Gasteiger partial charge on any atom is -0.322 e. The van der Waals surface area contributed by atoms with Gasteiger partial charge in [0.2, 0.25) is 0 Å². The fourth-order valence-corrected chi connectivity index (χ4v) is 2.07. The molecule has 0 saturated heterocycles. The minimum absolute atomic E-state index is 0.215. The van der Waals surface area contributed by atoms with Gasteiger partial charge in [-0.3, -0.25) is 4.79 Å². The van der Waals surface area contributed by atoms with Crippen molar-refractivity contribution in [1.82, 2.24) is 9.55 Å². The Bertz CT molecular complexity index is 830. The zero-order valence-corrected chi connectivity index (χ0v) is 11.6. The van der Waals surface area contributed by atoms with E-state index in [2.05, 4.69) is 10.3 Å². The predicted molar refractivity (Wildman–Crippen MR) is 82.7 cm³/mol. The molecule has 1 N–H and O–H groups in total. The Kier molecular flexibility index (Phi) is 3.67. The van der Waals surface area contributed by atoms with Gasteiger partial charge >= 0.3 is 0 Å². The maximum atomic E-state index is 12.2. The van der Waals surface area contributed by atoms with Gasteiger partial charge in [-0.15, -0.1) is 0 Å². The smallest absolute Gasteiger partial charge is 0.255 e. The third-order valence-electron chi connectivity index (χ3n) is 3.18. The lowest BCUT2D eigenvalue weighted by atomic mass is 10.1. The van der Waals surface area contributed by atoms with Gasteiger partial charge < -0.3 is 9.88 Å². The van der Waals surface area contributed by atoms with Gasteiger partial charge in [0.05, 0.1) is 18.0 Å². The maximum Gasteiger partial charge on any atom is 0.255 e. The van der Waals surface area contributed by atoms with Crippen LogP contribution in [-0.4, -0.2) is 15.5 Å². The predicted octanol–water partition coefficient (Wildman–Crippen LogP) is 3.00. The van der Waals surface area contributed by atoms with E-state index in [1.54, 1.807) is 48.9 Å². The number of imidazole rings is 1. The molecule has 0 spiro atoms. The van der Waals surface area contributed by atoms with Crippen molar-refractivity contribution < 1.29 is 4.79 Å². The van der Waals surface area contributed by atoms with Crippen molar-refractivity contribution in [3.8, 4) is 11.8 Å². The van der Waals surface area contributed by atoms with E-state index in [0.29, 0.717) is 16.8 Å². The van der Waals surface area contributed by atoms with Gasteiger partial charge in [0, 0.05) is 29.3 Å². The van der Waals surface area contributed by atoms with E-state index in [9.17, 15) is 4.79 Å². The minimum atomic E-state index is -0.215. The van der Waals surface area contributed by atoms with E-state index < -0.39 is 0 Å². The van der Waals surface area contributed by atoms with Crippen molar-refractivity contribution in [2.45, 2.75) is 0 Å². The molecule has 0 saturated carbocycles. The number of aromatic nitrogens is 2. The van der Waals surface area contributed by atoms with Crippen molar-refractivity contribution >= 4 is 11.6 Å². The number of carbonyl (C=O) groups is 1. The molecule has 2 aromatic carbocycles. The summed E-state index contributed by atoms with van der Waals surface area (Å²) in [4.78, 5) is 16.2.